The van der Waals surface area contributed by atoms with Crippen molar-refractivity contribution in [1.82, 2.24) is 14.8 Å². The Morgan fingerprint density at radius 1 is 1.28 bits per heavy atom. The Labute approximate surface area is 108 Å². The summed E-state index contributed by atoms with van der Waals surface area (Å²) in [5.74, 6) is 0.890. The molecule has 0 fully saturated rings. The summed E-state index contributed by atoms with van der Waals surface area (Å²) in [7, 11) is 1.87. The Morgan fingerprint density at radius 3 is 2.56 bits per heavy atom. The highest BCUT2D eigenvalue weighted by Crippen LogP contribution is 2.15. The Morgan fingerprint density at radius 2 is 2.06 bits per heavy atom. The van der Waals surface area contributed by atoms with Gasteiger partial charge in [0.2, 0.25) is 0 Å². The average Bonchev–Trinajstić information content (AvgIpc) is 2.65. The molecule has 4 nitrogen and oxygen atoms in total. The molecule has 0 saturated carbocycles. The highest BCUT2D eigenvalue weighted by Gasteiger charge is 2.09. The van der Waals surface area contributed by atoms with Crippen molar-refractivity contribution in [2.24, 2.45) is 0 Å². The summed E-state index contributed by atoms with van der Waals surface area (Å²) in [5.41, 5.74) is 4.92. The molecule has 0 aliphatic rings. The molecule has 0 atom stereocenters. The van der Waals surface area contributed by atoms with Gasteiger partial charge >= 0.3 is 0 Å². The maximum absolute atomic E-state index is 4.59. The highest BCUT2D eigenvalue weighted by atomic mass is 15.3. The summed E-state index contributed by atoms with van der Waals surface area (Å²) in [4.78, 5) is 4.32. The van der Waals surface area contributed by atoms with E-state index in [9.17, 15) is 0 Å². The first-order chi connectivity index (χ1) is 8.65. The van der Waals surface area contributed by atoms with E-state index in [2.05, 4.69) is 46.9 Å². The maximum atomic E-state index is 4.59. The van der Waals surface area contributed by atoms with Crippen LogP contribution >= 0.6 is 0 Å². The molecule has 0 unspecified atom stereocenters. The standard InChI is InChI=1S/C14H20N4/c1-5-13-10(2)17-18(11(13)3)9-12-6-7-14(15-4)16-8-12/h6-8H,5,9H2,1-4H3,(H,15,16). The molecule has 0 aliphatic heterocycles. The number of aromatic nitrogens is 3. The molecular weight excluding hydrogens is 224 g/mol. The van der Waals surface area contributed by atoms with Gasteiger partial charge in [0.25, 0.3) is 0 Å². The molecule has 0 radical (unpaired) electrons. The molecule has 2 aromatic heterocycles. The van der Waals surface area contributed by atoms with Crippen molar-refractivity contribution in [2.75, 3.05) is 12.4 Å². The highest BCUT2D eigenvalue weighted by molar-refractivity contribution is 5.34. The van der Waals surface area contributed by atoms with E-state index >= 15 is 0 Å². The molecule has 0 spiro atoms. The van der Waals surface area contributed by atoms with Gasteiger partial charge in [0.15, 0.2) is 0 Å². The SMILES string of the molecule is CCc1c(C)nn(Cc2ccc(NC)nc2)c1C. The van der Waals surface area contributed by atoms with Crippen LogP contribution in [0.25, 0.3) is 0 Å². The zero-order chi connectivity index (χ0) is 13.1. The molecule has 18 heavy (non-hydrogen) atoms. The van der Waals surface area contributed by atoms with Crippen molar-refractivity contribution in [1.29, 1.82) is 0 Å². The van der Waals surface area contributed by atoms with Gasteiger partial charge in [0.05, 0.1) is 12.2 Å². The molecule has 2 heterocycles. The van der Waals surface area contributed by atoms with E-state index in [-0.39, 0.29) is 0 Å². The second kappa shape index (κ2) is 5.21. The van der Waals surface area contributed by atoms with E-state index in [1.54, 1.807) is 0 Å². The van der Waals surface area contributed by atoms with E-state index in [4.69, 9.17) is 0 Å². The van der Waals surface area contributed by atoms with Crippen molar-refractivity contribution in [3.63, 3.8) is 0 Å². The zero-order valence-electron chi connectivity index (χ0n) is 11.5. The van der Waals surface area contributed by atoms with Crippen LogP contribution in [0.2, 0.25) is 0 Å². The zero-order valence-corrected chi connectivity index (χ0v) is 11.5. The average molecular weight is 244 g/mol. The Balaban J connectivity index is 2.22. The van der Waals surface area contributed by atoms with Crippen molar-refractivity contribution in [3.8, 4) is 0 Å². The smallest absolute Gasteiger partial charge is 0.125 e. The van der Waals surface area contributed by atoms with Gasteiger partial charge in [-0.15, -0.1) is 0 Å². The fourth-order valence-corrected chi connectivity index (χ4v) is 2.24. The van der Waals surface area contributed by atoms with Gasteiger partial charge in [-0.05, 0) is 37.5 Å². The molecule has 0 bridgehead atoms. The van der Waals surface area contributed by atoms with E-state index < -0.39 is 0 Å². The van der Waals surface area contributed by atoms with Crippen LogP contribution in [0.4, 0.5) is 5.82 Å². The minimum absolute atomic E-state index is 0.781. The first-order valence-electron chi connectivity index (χ1n) is 6.31. The number of pyridine rings is 1. The van der Waals surface area contributed by atoms with Gasteiger partial charge in [0, 0.05) is 18.9 Å². The van der Waals surface area contributed by atoms with Crippen LogP contribution in [-0.2, 0) is 13.0 Å². The molecule has 0 amide bonds. The molecule has 0 aliphatic carbocycles. The monoisotopic (exact) mass is 244 g/mol. The predicted octanol–water partition coefficient (Wildman–Crippen LogP) is 2.55. The van der Waals surface area contributed by atoms with Gasteiger partial charge in [-0.25, -0.2) is 4.98 Å². The maximum Gasteiger partial charge on any atom is 0.125 e. The van der Waals surface area contributed by atoms with Crippen LogP contribution < -0.4 is 5.32 Å². The first kappa shape index (κ1) is 12.6. The molecule has 1 N–H and O–H groups in total. The summed E-state index contributed by atoms with van der Waals surface area (Å²) >= 11 is 0. The molecule has 4 heteroatoms. The fourth-order valence-electron chi connectivity index (χ4n) is 2.24. The molecule has 0 saturated heterocycles. The minimum Gasteiger partial charge on any atom is -0.373 e. The Kier molecular flexibility index (Phi) is 3.65. The van der Waals surface area contributed by atoms with E-state index in [0.29, 0.717) is 0 Å². The number of anilines is 1. The van der Waals surface area contributed by atoms with Crippen LogP contribution in [0.15, 0.2) is 18.3 Å². The lowest BCUT2D eigenvalue weighted by atomic mass is 10.1. The predicted molar refractivity (Wildman–Crippen MR) is 74.0 cm³/mol. The largest absolute Gasteiger partial charge is 0.373 e. The van der Waals surface area contributed by atoms with Crippen molar-refractivity contribution < 1.29 is 0 Å². The third-order valence-corrected chi connectivity index (χ3v) is 3.30. The number of hydrogen-bond donors (Lipinski definition) is 1. The normalized spacial score (nSPS) is 10.7. The molecule has 96 valence electrons. The summed E-state index contributed by atoms with van der Waals surface area (Å²) in [5, 5.41) is 7.61. The lowest BCUT2D eigenvalue weighted by molar-refractivity contribution is 0.656. The van der Waals surface area contributed by atoms with E-state index in [1.807, 2.05) is 19.3 Å². The topological polar surface area (TPSA) is 42.7 Å². The van der Waals surface area contributed by atoms with Crippen LogP contribution in [0.3, 0.4) is 0 Å². The second-order valence-corrected chi connectivity index (χ2v) is 4.46. The van der Waals surface area contributed by atoms with Gasteiger partial charge in [-0.2, -0.15) is 5.10 Å². The molecular formula is C14H20N4. The van der Waals surface area contributed by atoms with Crippen LogP contribution in [0.5, 0.6) is 0 Å². The van der Waals surface area contributed by atoms with Crippen molar-refractivity contribution >= 4 is 5.82 Å². The lowest BCUT2D eigenvalue weighted by Crippen LogP contribution is -2.05. The van der Waals surface area contributed by atoms with Crippen molar-refractivity contribution in [3.05, 3.63) is 40.8 Å². The summed E-state index contributed by atoms with van der Waals surface area (Å²) in [6.45, 7) is 7.16. The molecule has 2 aromatic rings. The molecule has 2 rings (SSSR count). The van der Waals surface area contributed by atoms with Gasteiger partial charge in [-0.3, -0.25) is 4.68 Å². The third kappa shape index (κ3) is 2.37. The van der Waals surface area contributed by atoms with Gasteiger partial charge < -0.3 is 5.32 Å². The van der Waals surface area contributed by atoms with Crippen LogP contribution in [0, 0.1) is 13.8 Å². The first-order valence-corrected chi connectivity index (χ1v) is 6.31. The van der Waals surface area contributed by atoms with Gasteiger partial charge in [-0.1, -0.05) is 13.0 Å². The Hall–Kier alpha value is -1.84. The summed E-state index contributed by atoms with van der Waals surface area (Å²) in [6, 6.07) is 4.07. The van der Waals surface area contributed by atoms with Crippen LogP contribution in [0.1, 0.15) is 29.4 Å². The Bertz CT molecular complexity index is 525. The quantitative estimate of drug-likeness (QED) is 0.898. The summed E-state index contributed by atoms with van der Waals surface area (Å²) in [6.07, 6.45) is 2.93. The minimum atomic E-state index is 0.781. The molecule has 0 aromatic carbocycles. The van der Waals surface area contributed by atoms with Crippen molar-refractivity contribution in [2.45, 2.75) is 33.7 Å². The number of nitrogens with zero attached hydrogens (tertiary/aromatic N) is 3. The lowest BCUT2D eigenvalue weighted by Gasteiger charge is -2.06. The fraction of sp³-hybridized carbons (Fsp3) is 0.429. The second-order valence-electron chi connectivity index (χ2n) is 4.46. The number of aryl methyl sites for hydroxylation is 1. The van der Waals surface area contributed by atoms with E-state index in [0.717, 1.165) is 24.5 Å². The number of nitrogens with one attached hydrogen (secondary N) is 1. The number of hydrogen-bond acceptors (Lipinski definition) is 3. The summed E-state index contributed by atoms with van der Waals surface area (Å²) < 4.78 is 2.06. The number of rotatable bonds is 4. The van der Waals surface area contributed by atoms with Gasteiger partial charge in [0.1, 0.15) is 5.82 Å². The van der Waals surface area contributed by atoms with E-state index in [1.165, 1.54) is 16.8 Å². The third-order valence-electron chi connectivity index (χ3n) is 3.30. The van der Waals surface area contributed by atoms with Crippen LogP contribution in [-0.4, -0.2) is 21.8 Å².